The van der Waals surface area contributed by atoms with Crippen molar-refractivity contribution < 1.29 is 4.74 Å². The van der Waals surface area contributed by atoms with Crippen LogP contribution in [0, 0.1) is 6.92 Å². The maximum absolute atomic E-state index is 5.15. The molecule has 3 rings (SSSR count). The highest BCUT2D eigenvalue weighted by Gasteiger charge is 2.19. The lowest BCUT2D eigenvalue weighted by atomic mass is 10.0. The first-order valence-electron chi connectivity index (χ1n) is 9.13. The van der Waals surface area contributed by atoms with Crippen molar-refractivity contribution in [2.24, 2.45) is 12.0 Å². The minimum atomic E-state index is 0. The third-order valence-electron chi connectivity index (χ3n) is 4.79. The number of nitrogens with zero attached hydrogens (tertiary/aromatic N) is 5. The van der Waals surface area contributed by atoms with Crippen LogP contribution in [0.1, 0.15) is 29.2 Å². The largest absolute Gasteiger partial charge is 0.385 e. The summed E-state index contributed by atoms with van der Waals surface area (Å²) in [7, 11) is 3.70. The van der Waals surface area contributed by atoms with Crippen molar-refractivity contribution >= 4 is 29.9 Å². The Hall–Kier alpha value is -1.68. The highest BCUT2D eigenvalue weighted by molar-refractivity contribution is 14.0. The Kier molecular flexibility index (Phi) is 8.49. The van der Waals surface area contributed by atoms with E-state index in [-0.39, 0.29) is 24.0 Å². The van der Waals surface area contributed by atoms with Crippen LogP contribution in [0.4, 0.5) is 0 Å². The molecule has 0 amide bonds. The fourth-order valence-corrected chi connectivity index (χ4v) is 3.10. The van der Waals surface area contributed by atoms with E-state index in [0.717, 1.165) is 56.7 Å². The van der Waals surface area contributed by atoms with Crippen LogP contribution in [0.2, 0.25) is 0 Å². The summed E-state index contributed by atoms with van der Waals surface area (Å²) in [4.78, 5) is 7.15. The zero-order chi connectivity index (χ0) is 18.4. The lowest BCUT2D eigenvalue weighted by Gasteiger charge is -2.32. The number of rotatable bonds is 6. The minimum absolute atomic E-state index is 0. The van der Waals surface area contributed by atoms with Gasteiger partial charge < -0.3 is 19.5 Å². The maximum Gasteiger partial charge on any atom is 0.194 e. The summed E-state index contributed by atoms with van der Waals surface area (Å²) in [5, 5.41) is 11.8. The molecule has 1 aromatic heterocycles. The molecule has 0 radical (unpaired) electrons. The standard InChI is InChI=1S/C19H28N6O.HI/c1-15-22-23-18(24(15)2)13-21-19(20-10-6-12-26-3)25-11-9-16-7-4-5-8-17(16)14-25;/h4-5,7-8H,6,9-14H2,1-3H3,(H,20,21);1H. The number of aliphatic imine (C=N–C) groups is 1. The number of hydrogen-bond donors (Lipinski definition) is 1. The molecule has 1 N–H and O–H groups in total. The number of guanidine groups is 1. The van der Waals surface area contributed by atoms with E-state index in [2.05, 4.69) is 44.7 Å². The van der Waals surface area contributed by atoms with Gasteiger partial charge in [-0.1, -0.05) is 24.3 Å². The van der Waals surface area contributed by atoms with Crippen molar-refractivity contribution in [1.29, 1.82) is 0 Å². The number of ether oxygens (including phenoxy) is 1. The lowest BCUT2D eigenvalue weighted by molar-refractivity contribution is 0.195. The number of fused-ring (bicyclic) bond motifs is 1. The van der Waals surface area contributed by atoms with Gasteiger partial charge in [-0.3, -0.25) is 0 Å². The zero-order valence-electron chi connectivity index (χ0n) is 16.3. The van der Waals surface area contributed by atoms with Crippen LogP contribution in [0.15, 0.2) is 29.3 Å². The van der Waals surface area contributed by atoms with Gasteiger partial charge in [0.15, 0.2) is 11.8 Å². The predicted octanol–water partition coefficient (Wildman–Crippen LogP) is 2.28. The second-order valence-electron chi connectivity index (χ2n) is 6.58. The molecule has 7 nitrogen and oxygen atoms in total. The number of halogens is 1. The maximum atomic E-state index is 5.15. The minimum Gasteiger partial charge on any atom is -0.385 e. The van der Waals surface area contributed by atoms with Crippen molar-refractivity contribution in [2.45, 2.75) is 32.9 Å². The average Bonchev–Trinajstić information content (AvgIpc) is 2.99. The van der Waals surface area contributed by atoms with Crippen molar-refractivity contribution in [3.63, 3.8) is 0 Å². The Labute approximate surface area is 178 Å². The van der Waals surface area contributed by atoms with E-state index in [9.17, 15) is 0 Å². The van der Waals surface area contributed by atoms with E-state index in [1.807, 2.05) is 18.5 Å². The Morgan fingerprint density at radius 2 is 2.04 bits per heavy atom. The molecular weight excluding hydrogens is 455 g/mol. The SMILES string of the molecule is COCCCNC(=NCc1nnc(C)n1C)N1CCc2ccccc2C1.I. The fourth-order valence-electron chi connectivity index (χ4n) is 3.10. The normalized spacial score (nSPS) is 13.9. The van der Waals surface area contributed by atoms with Gasteiger partial charge in [0.2, 0.25) is 0 Å². The average molecular weight is 484 g/mol. The summed E-state index contributed by atoms with van der Waals surface area (Å²) in [5.74, 6) is 2.70. The van der Waals surface area contributed by atoms with Gasteiger partial charge in [-0.25, -0.2) is 4.99 Å². The summed E-state index contributed by atoms with van der Waals surface area (Å²) in [6, 6.07) is 8.64. The molecule has 0 bridgehead atoms. The number of hydrogen-bond acceptors (Lipinski definition) is 4. The molecule has 0 atom stereocenters. The summed E-state index contributed by atoms with van der Waals surface area (Å²) in [6.45, 7) is 5.89. The van der Waals surface area contributed by atoms with E-state index in [4.69, 9.17) is 9.73 Å². The zero-order valence-corrected chi connectivity index (χ0v) is 18.6. The molecule has 0 aliphatic carbocycles. The van der Waals surface area contributed by atoms with Crippen LogP contribution in [-0.2, 0) is 31.3 Å². The van der Waals surface area contributed by atoms with Gasteiger partial charge in [-0.2, -0.15) is 0 Å². The number of nitrogens with one attached hydrogen (secondary N) is 1. The third-order valence-corrected chi connectivity index (χ3v) is 4.79. The van der Waals surface area contributed by atoms with Gasteiger partial charge in [-0.05, 0) is 30.9 Å². The van der Waals surface area contributed by atoms with Crippen molar-refractivity contribution in [1.82, 2.24) is 25.0 Å². The van der Waals surface area contributed by atoms with Crippen LogP contribution in [0.5, 0.6) is 0 Å². The molecular formula is C19H29IN6O. The lowest BCUT2D eigenvalue weighted by Crippen LogP contribution is -2.44. The molecule has 1 aromatic carbocycles. The van der Waals surface area contributed by atoms with Crippen molar-refractivity contribution in [3.05, 3.63) is 47.0 Å². The molecule has 0 unspecified atom stereocenters. The summed E-state index contributed by atoms with van der Waals surface area (Å²) in [5.41, 5.74) is 2.81. The van der Waals surface area contributed by atoms with Gasteiger partial charge >= 0.3 is 0 Å². The molecule has 27 heavy (non-hydrogen) atoms. The number of aryl methyl sites for hydroxylation is 1. The number of methoxy groups -OCH3 is 1. The van der Waals surface area contributed by atoms with Crippen LogP contribution in [-0.4, -0.2) is 52.4 Å². The van der Waals surface area contributed by atoms with Crippen LogP contribution in [0.25, 0.3) is 0 Å². The molecule has 0 saturated carbocycles. The smallest absolute Gasteiger partial charge is 0.194 e. The molecule has 0 spiro atoms. The van der Waals surface area contributed by atoms with E-state index in [1.54, 1.807) is 7.11 Å². The van der Waals surface area contributed by atoms with Crippen molar-refractivity contribution in [3.8, 4) is 0 Å². The first-order chi connectivity index (χ1) is 12.7. The van der Waals surface area contributed by atoms with Gasteiger partial charge in [-0.15, -0.1) is 34.2 Å². The van der Waals surface area contributed by atoms with Crippen LogP contribution in [0.3, 0.4) is 0 Å². The van der Waals surface area contributed by atoms with Gasteiger partial charge in [0, 0.05) is 40.4 Å². The van der Waals surface area contributed by atoms with E-state index < -0.39 is 0 Å². The molecule has 0 fully saturated rings. The Balaban J connectivity index is 0.00000261. The highest BCUT2D eigenvalue weighted by Crippen LogP contribution is 2.18. The highest BCUT2D eigenvalue weighted by atomic mass is 127. The second kappa shape index (κ2) is 10.6. The fraction of sp³-hybridized carbons (Fsp3) is 0.526. The molecule has 8 heteroatoms. The molecule has 1 aliphatic rings. The molecule has 0 saturated heterocycles. The number of aromatic nitrogens is 3. The Bertz CT molecular complexity index is 760. The van der Waals surface area contributed by atoms with Gasteiger partial charge in [0.25, 0.3) is 0 Å². The quantitative estimate of drug-likeness (QED) is 0.295. The first kappa shape index (κ1) is 21.6. The molecule has 1 aliphatic heterocycles. The van der Waals surface area contributed by atoms with E-state index in [1.165, 1.54) is 11.1 Å². The summed E-state index contributed by atoms with van der Waals surface area (Å²) in [6.07, 6.45) is 1.99. The topological polar surface area (TPSA) is 67.6 Å². The van der Waals surface area contributed by atoms with Crippen molar-refractivity contribution in [2.75, 3.05) is 26.8 Å². The molecule has 2 heterocycles. The predicted molar refractivity (Wildman–Crippen MR) is 117 cm³/mol. The third kappa shape index (κ3) is 5.65. The van der Waals surface area contributed by atoms with E-state index in [0.29, 0.717) is 6.54 Å². The Morgan fingerprint density at radius 3 is 2.74 bits per heavy atom. The second-order valence-corrected chi connectivity index (χ2v) is 6.58. The monoisotopic (exact) mass is 484 g/mol. The van der Waals surface area contributed by atoms with Gasteiger partial charge in [0.1, 0.15) is 12.4 Å². The molecule has 148 valence electrons. The first-order valence-corrected chi connectivity index (χ1v) is 9.13. The van der Waals surface area contributed by atoms with E-state index >= 15 is 0 Å². The van der Waals surface area contributed by atoms with Crippen LogP contribution >= 0.6 is 24.0 Å². The van der Waals surface area contributed by atoms with Crippen LogP contribution < -0.4 is 5.32 Å². The van der Waals surface area contributed by atoms with Gasteiger partial charge in [0.05, 0.1) is 0 Å². The Morgan fingerprint density at radius 1 is 1.26 bits per heavy atom. The number of benzene rings is 1. The summed E-state index contributed by atoms with van der Waals surface area (Å²) >= 11 is 0. The molecule has 2 aromatic rings. The summed E-state index contributed by atoms with van der Waals surface area (Å²) < 4.78 is 7.13.